The van der Waals surface area contributed by atoms with E-state index in [2.05, 4.69) is 10.3 Å². The van der Waals surface area contributed by atoms with Crippen molar-refractivity contribution < 1.29 is 9.59 Å². The number of carbonyl (C=O) groups excluding carboxylic acids is 2. The van der Waals surface area contributed by atoms with Crippen LogP contribution in [-0.4, -0.2) is 21.5 Å². The molecule has 5 N–H and O–H groups in total. The molecular weight excluding hydrogens is 342 g/mol. The smallest absolute Gasteiger partial charge is 0.316 e. The minimum atomic E-state index is -0.616. The molecule has 0 spiro atoms. The lowest BCUT2D eigenvalue weighted by Gasteiger charge is -2.11. The zero-order chi connectivity index (χ0) is 19.2. The number of primary amides is 2. The highest BCUT2D eigenvalue weighted by molar-refractivity contribution is 5.87. The number of benzene rings is 2. The van der Waals surface area contributed by atoms with Gasteiger partial charge in [0.05, 0.1) is 24.1 Å². The fraction of sp³-hybridized carbons (Fsp3) is 0.150. The van der Waals surface area contributed by atoms with Crippen LogP contribution in [0.1, 0.15) is 22.5 Å². The largest absolute Gasteiger partial charge is 0.369 e. The van der Waals surface area contributed by atoms with Crippen LogP contribution in [0, 0.1) is 0 Å². The number of hydrogen-bond donors (Lipinski definition) is 3. The van der Waals surface area contributed by atoms with Crippen LogP contribution < -0.4 is 16.8 Å². The summed E-state index contributed by atoms with van der Waals surface area (Å²) in [6.07, 6.45) is 2.45. The molecule has 7 heteroatoms. The lowest BCUT2D eigenvalue weighted by atomic mass is 10.1. The monoisotopic (exact) mass is 363 g/mol. The molecule has 3 rings (SSSR count). The molecule has 7 nitrogen and oxygen atoms in total. The quantitative estimate of drug-likeness (QED) is 0.596. The first-order chi connectivity index (χ1) is 13.0. The van der Waals surface area contributed by atoms with E-state index >= 15 is 0 Å². The Kier molecular flexibility index (Phi) is 5.51. The Hall–Kier alpha value is -3.61. The van der Waals surface area contributed by atoms with E-state index < -0.39 is 11.9 Å². The van der Waals surface area contributed by atoms with Crippen LogP contribution in [0.25, 0.3) is 0 Å². The lowest BCUT2D eigenvalue weighted by Crippen LogP contribution is -2.19. The molecule has 0 aliphatic carbocycles. The summed E-state index contributed by atoms with van der Waals surface area (Å²) in [7, 11) is 0. The normalized spacial score (nSPS) is 10.5. The molecule has 3 amide bonds. The number of imidazole rings is 1. The Labute approximate surface area is 157 Å². The van der Waals surface area contributed by atoms with Crippen LogP contribution in [0.2, 0.25) is 0 Å². The first-order valence-corrected chi connectivity index (χ1v) is 8.52. The van der Waals surface area contributed by atoms with Gasteiger partial charge in [0.2, 0.25) is 5.91 Å². The number of urea groups is 1. The summed E-state index contributed by atoms with van der Waals surface area (Å²) in [6, 6.07) is 16.7. The minimum absolute atomic E-state index is 0.112. The standard InChI is InChI=1S/C20H21N5O2/c21-19(26)11-18-17(10-14-5-2-1-3-6-14)23-13-25(18)12-15-7-4-8-16(9-15)24-20(22)27/h1-9,13H,10-12H2,(H2,21,26)(H3,22,24,27). The maximum Gasteiger partial charge on any atom is 0.316 e. The highest BCUT2D eigenvalue weighted by Crippen LogP contribution is 2.17. The molecule has 2 aromatic carbocycles. The maximum atomic E-state index is 11.6. The maximum absolute atomic E-state index is 11.6. The Balaban J connectivity index is 1.86. The number of hydrogen-bond acceptors (Lipinski definition) is 3. The predicted octanol–water partition coefficient (Wildman–Crippen LogP) is 2.04. The molecule has 0 unspecified atom stereocenters. The molecule has 27 heavy (non-hydrogen) atoms. The van der Waals surface area contributed by atoms with Crippen molar-refractivity contribution in [2.75, 3.05) is 5.32 Å². The van der Waals surface area contributed by atoms with Gasteiger partial charge >= 0.3 is 6.03 Å². The third kappa shape index (κ3) is 4.94. The van der Waals surface area contributed by atoms with Gasteiger partial charge in [-0.3, -0.25) is 4.79 Å². The van der Waals surface area contributed by atoms with Gasteiger partial charge < -0.3 is 21.4 Å². The molecule has 0 fully saturated rings. The predicted molar refractivity (Wildman–Crippen MR) is 103 cm³/mol. The van der Waals surface area contributed by atoms with Gasteiger partial charge in [0.1, 0.15) is 0 Å². The van der Waals surface area contributed by atoms with Crippen molar-refractivity contribution in [2.45, 2.75) is 19.4 Å². The summed E-state index contributed by atoms with van der Waals surface area (Å²) < 4.78 is 1.91. The van der Waals surface area contributed by atoms with E-state index in [0.717, 1.165) is 22.5 Å². The van der Waals surface area contributed by atoms with Gasteiger partial charge in [0.25, 0.3) is 0 Å². The summed E-state index contributed by atoms with van der Waals surface area (Å²) in [5.74, 6) is -0.407. The third-order valence-electron chi connectivity index (χ3n) is 4.14. The number of amides is 3. The summed E-state index contributed by atoms with van der Waals surface area (Å²) in [4.78, 5) is 27.1. The number of nitrogens with one attached hydrogen (secondary N) is 1. The second-order valence-corrected chi connectivity index (χ2v) is 6.26. The van der Waals surface area contributed by atoms with E-state index in [1.807, 2.05) is 53.1 Å². The average molecular weight is 363 g/mol. The Bertz CT molecular complexity index is 950. The minimum Gasteiger partial charge on any atom is -0.369 e. The summed E-state index contributed by atoms with van der Waals surface area (Å²) >= 11 is 0. The molecule has 0 saturated heterocycles. The molecule has 138 valence electrons. The summed E-state index contributed by atoms with van der Waals surface area (Å²) in [5, 5.41) is 2.56. The summed E-state index contributed by atoms with van der Waals surface area (Å²) in [6.45, 7) is 0.499. The molecule has 0 bridgehead atoms. The van der Waals surface area contributed by atoms with Gasteiger partial charge in [0, 0.05) is 18.7 Å². The zero-order valence-electron chi connectivity index (χ0n) is 14.8. The van der Waals surface area contributed by atoms with Gasteiger partial charge in [-0.1, -0.05) is 42.5 Å². The van der Waals surface area contributed by atoms with Crippen LogP contribution in [0.3, 0.4) is 0 Å². The van der Waals surface area contributed by atoms with E-state index in [0.29, 0.717) is 18.7 Å². The Morgan fingerprint density at radius 3 is 2.44 bits per heavy atom. The van der Waals surface area contributed by atoms with Crippen molar-refractivity contribution in [3.05, 3.63) is 83.4 Å². The highest BCUT2D eigenvalue weighted by Gasteiger charge is 2.14. The zero-order valence-corrected chi connectivity index (χ0v) is 14.8. The van der Waals surface area contributed by atoms with Crippen molar-refractivity contribution in [1.82, 2.24) is 9.55 Å². The molecule has 0 atom stereocenters. The van der Waals surface area contributed by atoms with Gasteiger partial charge in [-0.2, -0.15) is 0 Å². The van der Waals surface area contributed by atoms with Crippen LogP contribution >= 0.6 is 0 Å². The van der Waals surface area contributed by atoms with Crippen molar-refractivity contribution in [3.8, 4) is 0 Å². The van der Waals surface area contributed by atoms with Gasteiger partial charge in [-0.15, -0.1) is 0 Å². The van der Waals surface area contributed by atoms with E-state index in [9.17, 15) is 9.59 Å². The van der Waals surface area contributed by atoms with Crippen LogP contribution in [-0.2, 0) is 24.2 Å². The van der Waals surface area contributed by atoms with E-state index in [1.54, 1.807) is 12.4 Å². The number of nitrogens with zero attached hydrogens (tertiary/aromatic N) is 2. The molecule has 1 aromatic heterocycles. The number of nitrogens with two attached hydrogens (primary N) is 2. The van der Waals surface area contributed by atoms with Crippen LogP contribution in [0.4, 0.5) is 10.5 Å². The second kappa shape index (κ2) is 8.18. The highest BCUT2D eigenvalue weighted by atomic mass is 16.2. The van der Waals surface area contributed by atoms with Crippen molar-refractivity contribution >= 4 is 17.6 Å². The van der Waals surface area contributed by atoms with E-state index in [4.69, 9.17) is 11.5 Å². The van der Waals surface area contributed by atoms with Crippen molar-refractivity contribution in [1.29, 1.82) is 0 Å². The van der Waals surface area contributed by atoms with E-state index in [1.165, 1.54) is 0 Å². The first kappa shape index (κ1) is 18.2. The number of carbonyl (C=O) groups is 2. The lowest BCUT2D eigenvalue weighted by molar-refractivity contribution is -0.117. The van der Waals surface area contributed by atoms with Gasteiger partial charge in [-0.05, 0) is 23.3 Å². The van der Waals surface area contributed by atoms with E-state index in [-0.39, 0.29) is 6.42 Å². The van der Waals surface area contributed by atoms with Crippen LogP contribution in [0.5, 0.6) is 0 Å². The molecule has 0 saturated carbocycles. The number of rotatable bonds is 7. The SMILES string of the molecule is NC(=O)Cc1c(Cc2ccccc2)ncn1Cc1cccc(NC(N)=O)c1. The molecule has 1 heterocycles. The third-order valence-corrected chi connectivity index (χ3v) is 4.14. The van der Waals surface area contributed by atoms with Crippen LogP contribution in [0.15, 0.2) is 60.9 Å². The second-order valence-electron chi connectivity index (χ2n) is 6.26. The Morgan fingerprint density at radius 2 is 1.74 bits per heavy atom. The van der Waals surface area contributed by atoms with Gasteiger partial charge in [0.15, 0.2) is 0 Å². The fourth-order valence-electron chi connectivity index (χ4n) is 2.98. The average Bonchev–Trinajstić information content (AvgIpc) is 2.96. The number of anilines is 1. The van der Waals surface area contributed by atoms with Crippen molar-refractivity contribution in [2.24, 2.45) is 11.5 Å². The molecule has 0 aliphatic rings. The first-order valence-electron chi connectivity index (χ1n) is 8.52. The molecule has 0 radical (unpaired) electrons. The fourth-order valence-corrected chi connectivity index (χ4v) is 2.98. The molecule has 0 aliphatic heterocycles. The summed E-state index contributed by atoms with van der Waals surface area (Å²) in [5.41, 5.74) is 14.9. The molecular formula is C20H21N5O2. The van der Waals surface area contributed by atoms with Crippen molar-refractivity contribution in [3.63, 3.8) is 0 Å². The Morgan fingerprint density at radius 1 is 1.00 bits per heavy atom. The molecule has 3 aromatic rings. The van der Waals surface area contributed by atoms with Gasteiger partial charge in [-0.25, -0.2) is 9.78 Å². The number of aromatic nitrogens is 2. The topological polar surface area (TPSA) is 116 Å².